The average molecular weight is 348 g/mol. The highest BCUT2D eigenvalue weighted by atomic mass is 16.4. The number of carboxylic acid groups (broad SMARTS) is 2. The third kappa shape index (κ3) is 12.2. The molecule has 2 saturated heterocycles. The van der Waals surface area contributed by atoms with E-state index in [0.717, 1.165) is 51.9 Å². The van der Waals surface area contributed by atoms with Crippen LogP contribution in [-0.4, -0.2) is 93.6 Å². The van der Waals surface area contributed by atoms with Gasteiger partial charge in [0.2, 0.25) is 0 Å². The van der Waals surface area contributed by atoms with Gasteiger partial charge in [0.25, 0.3) is 0 Å². The Morgan fingerprint density at radius 3 is 1.17 bits per heavy atom. The van der Waals surface area contributed by atoms with E-state index in [4.69, 9.17) is 20.4 Å². The lowest BCUT2D eigenvalue weighted by Gasteiger charge is -2.03. The molecular weight excluding hydrogens is 316 g/mol. The molecule has 0 aromatic rings. The van der Waals surface area contributed by atoms with Crippen LogP contribution in [0.25, 0.3) is 0 Å². The Morgan fingerprint density at radius 1 is 0.750 bits per heavy atom. The van der Waals surface area contributed by atoms with Crippen LogP contribution in [0, 0.1) is 0 Å². The zero-order valence-electron chi connectivity index (χ0n) is 14.7. The van der Waals surface area contributed by atoms with Gasteiger partial charge in [-0.1, -0.05) is 12.8 Å². The van der Waals surface area contributed by atoms with Crippen molar-refractivity contribution in [3.8, 4) is 0 Å². The maximum absolute atomic E-state index is 10.1. The van der Waals surface area contributed by atoms with Crippen LogP contribution in [0.4, 0.5) is 0 Å². The largest absolute Gasteiger partial charge is 0.480 e. The average Bonchev–Trinajstić information content (AvgIpc) is 3.42. The van der Waals surface area contributed by atoms with Crippen LogP contribution < -0.4 is 0 Å². The van der Waals surface area contributed by atoms with E-state index in [-0.39, 0.29) is 25.3 Å². The lowest BCUT2D eigenvalue weighted by atomic mass is 10.2. The molecule has 2 unspecified atom stereocenters. The van der Waals surface area contributed by atoms with Gasteiger partial charge in [-0.05, 0) is 26.7 Å². The molecule has 0 aliphatic carbocycles. The van der Waals surface area contributed by atoms with Crippen molar-refractivity contribution in [1.29, 1.82) is 0 Å². The molecule has 4 N–H and O–H groups in total. The summed E-state index contributed by atoms with van der Waals surface area (Å²) in [6.07, 6.45) is 3.83. The lowest BCUT2D eigenvalue weighted by Crippen LogP contribution is -2.24. The number of nitrogens with zero attached hydrogens (tertiary/aromatic N) is 2. The first-order chi connectivity index (χ1) is 11.3. The van der Waals surface area contributed by atoms with Gasteiger partial charge < -0.3 is 20.4 Å². The number of aliphatic hydroxyl groups is 2. The molecule has 8 heteroatoms. The number of aliphatic hydroxyl groups excluding tert-OH is 2. The van der Waals surface area contributed by atoms with Crippen molar-refractivity contribution in [1.82, 2.24) is 9.80 Å². The number of rotatable bonds is 9. The third-order valence-electron chi connectivity index (χ3n) is 3.84. The van der Waals surface area contributed by atoms with Gasteiger partial charge in [-0.2, -0.15) is 0 Å². The van der Waals surface area contributed by atoms with Crippen LogP contribution in [0.1, 0.15) is 39.5 Å². The van der Waals surface area contributed by atoms with E-state index < -0.39 is 11.9 Å². The molecule has 2 rings (SSSR count). The summed E-state index contributed by atoms with van der Waals surface area (Å²) in [5.74, 6) is -1.44. The number of unbranched alkanes of at least 4 members (excludes halogenated alkanes) is 3. The SMILES string of the molecule is CC(C(=O)O)N1CC1.CC(C(=O)O)N1CC1.OCCCCCCO. The molecular formula is C16H32N2O6. The van der Waals surface area contributed by atoms with Crippen LogP contribution in [0.5, 0.6) is 0 Å². The molecule has 2 fully saturated rings. The minimum absolute atomic E-state index is 0.269. The van der Waals surface area contributed by atoms with Gasteiger partial charge in [-0.25, -0.2) is 0 Å². The Hall–Kier alpha value is -1.22. The molecule has 0 spiro atoms. The summed E-state index contributed by atoms with van der Waals surface area (Å²) in [4.78, 5) is 24.1. The Balaban J connectivity index is 0.000000331. The predicted molar refractivity (Wildman–Crippen MR) is 90.0 cm³/mol. The van der Waals surface area contributed by atoms with Crippen molar-refractivity contribution in [3.05, 3.63) is 0 Å². The topological polar surface area (TPSA) is 121 Å². The summed E-state index contributed by atoms with van der Waals surface area (Å²) < 4.78 is 0. The molecule has 2 atom stereocenters. The van der Waals surface area contributed by atoms with Gasteiger partial charge in [0.15, 0.2) is 0 Å². The first kappa shape index (κ1) is 22.8. The van der Waals surface area contributed by atoms with Crippen molar-refractivity contribution in [3.63, 3.8) is 0 Å². The van der Waals surface area contributed by atoms with E-state index in [1.807, 2.05) is 9.80 Å². The quantitative estimate of drug-likeness (QED) is 0.341. The minimum Gasteiger partial charge on any atom is -0.480 e. The predicted octanol–water partition coefficient (Wildman–Crippen LogP) is 0.0816. The standard InChI is InChI=1S/C6H14O2.2C5H9NO2/c7-5-3-1-2-4-6-8;2*1-4(5(7)8)6-2-3-6/h7-8H,1-6H2;2*4H,2-3H2,1H3,(H,7,8). The van der Waals surface area contributed by atoms with Gasteiger partial charge in [-0.15, -0.1) is 0 Å². The maximum atomic E-state index is 10.1. The molecule has 142 valence electrons. The number of aliphatic carboxylic acids is 2. The normalized spacial score (nSPS) is 18.3. The van der Waals surface area contributed by atoms with Gasteiger partial charge in [0, 0.05) is 39.4 Å². The molecule has 8 nitrogen and oxygen atoms in total. The summed E-state index contributed by atoms with van der Waals surface area (Å²) in [6.45, 7) is 7.78. The van der Waals surface area contributed by atoms with Gasteiger partial charge >= 0.3 is 11.9 Å². The molecule has 0 radical (unpaired) electrons. The Labute approximate surface area is 143 Å². The van der Waals surface area contributed by atoms with Crippen molar-refractivity contribution >= 4 is 11.9 Å². The molecule has 2 heterocycles. The highest BCUT2D eigenvalue weighted by molar-refractivity contribution is 5.73. The van der Waals surface area contributed by atoms with Gasteiger partial charge in [0.05, 0.1) is 0 Å². The van der Waals surface area contributed by atoms with Gasteiger partial charge in [0.1, 0.15) is 12.1 Å². The molecule has 0 amide bonds. The first-order valence-corrected chi connectivity index (χ1v) is 8.50. The zero-order valence-corrected chi connectivity index (χ0v) is 14.7. The Morgan fingerprint density at radius 2 is 1.04 bits per heavy atom. The lowest BCUT2D eigenvalue weighted by molar-refractivity contribution is -0.141. The van der Waals surface area contributed by atoms with Gasteiger partial charge in [-0.3, -0.25) is 19.4 Å². The fourth-order valence-corrected chi connectivity index (χ4v) is 1.78. The fourth-order valence-electron chi connectivity index (χ4n) is 1.78. The van der Waals surface area contributed by atoms with E-state index in [1.54, 1.807) is 13.8 Å². The van der Waals surface area contributed by atoms with Crippen molar-refractivity contribution in [2.24, 2.45) is 0 Å². The summed E-state index contributed by atoms with van der Waals surface area (Å²) in [7, 11) is 0. The van der Waals surface area contributed by atoms with Crippen molar-refractivity contribution in [2.75, 3.05) is 39.4 Å². The zero-order chi connectivity index (χ0) is 18.5. The van der Waals surface area contributed by atoms with E-state index in [1.165, 1.54) is 0 Å². The molecule has 0 bridgehead atoms. The highest BCUT2D eigenvalue weighted by Crippen LogP contribution is 2.09. The van der Waals surface area contributed by atoms with Crippen LogP contribution >= 0.6 is 0 Å². The number of carbonyl (C=O) groups is 2. The second-order valence-corrected chi connectivity index (χ2v) is 5.96. The van der Waals surface area contributed by atoms with E-state index in [0.29, 0.717) is 0 Å². The molecule has 2 aliphatic heterocycles. The van der Waals surface area contributed by atoms with Crippen LogP contribution in [-0.2, 0) is 9.59 Å². The molecule has 2 aliphatic rings. The fraction of sp³-hybridized carbons (Fsp3) is 0.875. The Kier molecular flexibility index (Phi) is 12.4. The first-order valence-electron chi connectivity index (χ1n) is 8.50. The molecule has 0 saturated carbocycles. The minimum atomic E-state index is -0.720. The van der Waals surface area contributed by atoms with Crippen LogP contribution in [0.3, 0.4) is 0 Å². The second-order valence-electron chi connectivity index (χ2n) is 5.96. The van der Waals surface area contributed by atoms with Crippen molar-refractivity contribution < 1.29 is 30.0 Å². The Bertz CT molecular complexity index is 324. The summed E-state index contributed by atoms with van der Waals surface area (Å²) in [5, 5.41) is 33.3. The van der Waals surface area contributed by atoms with Crippen LogP contribution in [0.2, 0.25) is 0 Å². The third-order valence-corrected chi connectivity index (χ3v) is 3.84. The second kappa shape index (κ2) is 13.1. The molecule has 24 heavy (non-hydrogen) atoms. The van der Waals surface area contributed by atoms with Crippen molar-refractivity contribution in [2.45, 2.75) is 51.6 Å². The number of carboxylic acids is 2. The summed E-state index contributed by atoms with van der Waals surface area (Å²) in [5.41, 5.74) is 0. The molecule has 0 aromatic heterocycles. The maximum Gasteiger partial charge on any atom is 0.320 e. The monoisotopic (exact) mass is 348 g/mol. The summed E-state index contributed by atoms with van der Waals surface area (Å²) in [6, 6.07) is -0.537. The van der Waals surface area contributed by atoms with E-state index in [9.17, 15) is 9.59 Å². The smallest absolute Gasteiger partial charge is 0.320 e. The van der Waals surface area contributed by atoms with E-state index >= 15 is 0 Å². The highest BCUT2D eigenvalue weighted by Gasteiger charge is 2.29. The number of hydrogen-bond acceptors (Lipinski definition) is 6. The van der Waals surface area contributed by atoms with E-state index in [2.05, 4.69) is 0 Å². The molecule has 0 aromatic carbocycles. The number of hydrogen-bond donors (Lipinski definition) is 4. The summed E-state index contributed by atoms with van der Waals surface area (Å²) >= 11 is 0. The van der Waals surface area contributed by atoms with Crippen LogP contribution in [0.15, 0.2) is 0 Å².